The zero-order valence-corrected chi connectivity index (χ0v) is 14.4. The Kier molecular flexibility index (Phi) is 5.10. The molecule has 3 rings (SSSR count). The van der Waals surface area contributed by atoms with Crippen molar-refractivity contribution in [1.82, 2.24) is 10.1 Å². The van der Waals surface area contributed by atoms with Crippen LogP contribution in [0.5, 0.6) is 11.5 Å². The van der Waals surface area contributed by atoms with E-state index in [-0.39, 0.29) is 18.2 Å². The van der Waals surface area contributed by atoms with E-state index in [0.717, 1.165) is 11.3 Å². The van der Waals surface area contributed by atoms with Crippen molar-refractivity contribution in [2.45, 2.75) is 13.5 Å². The maximum Gasteiger partial charge on any atom is 0.264 e. The highest BCUT2D eigenvalue weighted by Gasteiger charge is 2.11. The zero-order valence-electron chi connectivity index (χ0n) is 12.8. The summed E-state index contributed by atoms with van der Waals surface area (Å²) in [4.78, 5) is 4.24. The monoisotopic (exact) mass is 392 g/mol. The molecule has 5 nitrogen and oxygen atoms in total. The number of hydrogen-bond acceptors (Lipinski definition) is 5. The summed E-state index contributed by atoms with van der Waals surface area (Å²) in [6, 6.07) is 11.9. The topological polar surface area (TPSA) is 57.4 Å². The molecule has 0 amide bonds. The smallest absolute Gasteiger partial charge is 0.264 e. The molecule has 0 bridgehead atoms. The molecule has 0 saturated carbocycles. The number of aromatic nitrogens is 2. The highest BCUT2D eigenvalue weighted by molar-refractivity contribution is 9.10. The minimum absolute atomic E-state index is 0.0113. The summed E-state index contributed by atoms with van der Waals surface area (Å²) in [5, 5.41) is 3.90. The largest absolute Gasteiger partial charge is 0.494 e. The molecule has 2 aromatic carbocycles. The van der Waals surface area contributed by atoms with Gasteiger partial charge in [-0.3, -0.25) is 0 Å². The summed E-state index contributed by atoms with van der Waals surface area (Å²) in [5.74, 6) is 1.14. The molecule has 0 fully saturated rings. The van der Waals surface area contributed by atoms with Crippen molar-refractivity contribution in [3.8, 4) is 22.9 Å². The van der Waals surface area contributed by atoms with E-state index in [1.165, 1.54) is 12.1 Å². The van der Waals surface area contributed by atoms with Crippen LogP contribution < -0.4 is 9.47 Å². The summed E-state index contributed by atoms with van der Waals surface area (Å²) in [6.45, 7) is 2.52. The molecular formula is C17H14BrFN2O3. The van der Waals surface area contributed by atoms with Crippen molar-refractivity contribution in [3.63, 3.8) is 0 Å². The van der Waals surface area contributed by atoms with Gasteiger partial charge in [0.2, 0.25) is 5.82 Å². The molecule has 3 aromatic rings. The predicted molar refractivity (Wildman–Crippen MR) is 89.3 cm³/mol. The van der Waals surface area contributed by atoms with Crippen LogP contribution in [-0.4, -0.2) is 16.7 Å². The Morgan fingerprint density at radius 3 is 2.62 bits per heavy atom. The van der Waals surface area contributed by atoms with Gasteiger partial charge in [-0.15, -0.1) is 0 Å². The van der Waals surface area contributed by atoms with Gasteiger partial charge in [-0.1, -0.05) is 21.1 Å². The first-order valence-corrected chi connectivity index (χ1v) is 8.08. The predicted octanol–water partition coefficient (Wildman–Crippen LogP) is 4.62. The lowest BCUT2D eigenvalue weighted by Gasteiger charge is -2.04. The maximum absolute atomic E-state index is 13.7. The van der Waals surface area contributed by atoms with E-state index in [0.29, 0.717) is 16.9 Å². The van der Waals surface area contributed by atoms with Crippen LogP contribution in [0, 0.1) is 5.82 Å². The molecule has 0 atom stereocenters. The van der Waals surface area contributed by atoms with Crippen molar-refractivity contribution >= 4 is 15.9 Å². The third-order valence-electron chi connectivity index (χ3n) is 3.14. The number of hydrogen-bond donors (Lipinski definition) is 0. The molecule has 0 spiro atoms. The molecule has 124 valence electrons. The third-order valence-corrected chi connectivity index (χ3v) is 3.63. The summed E-state index contributed by atoms with van der Waals surface area (Å²) in [5.41, 5.74) is 0.795. The minimum atomic E-state index is -0.462. The van der Waals surface area contributed by atoms with Crippen LogP contribution >= 0.6 is 15.9 Å². The van der Waals surface area contributed by atoms with Gasteiger partial charge in [0.1, 0.15) is 5.75 Å². The highest BCUT2D eigenvalue weighted by atomic mass is 79.9. The minimum Gasteiger partial charge on any atom is -0.494 e. The standard InChI is InChI=1S/C17H14BrFN2O3/c1-2-22-13-6-3-11(4-7-13)17-20-16(24-21-17)10-23-15-8-5-12(18)9-14(15)19/h3-9H,2,10H2,1H3. The Morgan fingerprint density at radius 2 is 1.92 bits per heavy atom. The molecular weight excluding hydrogens is 379 g/mol. The molecule has 1 heterocycles. The Balaban J connectivity index is 1.66. The van der Waals surface area contributed by atoms with Gasteiger partial charge in [-0.05, 0) is 49.4 Å². The van der Waals surface area contributed by atoms with E-state index >= 15 is 0 Å². The number of rotatable bonds is 6. The molecule has 0 aliphatic heterocycles. The first kappa shape index (κ1) is 16.4. The Labute approximate surface area is 146 Å². The van der Waals surface area contributed by atoms with Crippen LogP contribution in [0.3, 0.4) is 0 Å². The normalized spacial score (nSPS) is 10.6. The van der Waals surface area contributed by atoms with Crippen molar-refractivity contribution in [2.75, 3.05) is 6.61 Å². The molecule has 0 N–H and O–H groups in total. The van der Waals surface area contributed by atoms with Crippen LogP contribution in [0.15, 0.2) is 51.5 Å². The lowest BCUT2D eigenvalue weighted by Crippen LogP contribution is -1.97. The second-order valence-electron chi connectivity index (χ2n) is 4.83. The SMILES string of the molecule is CCOc1ccc(-c2noc(COc3ccc(Br)cc3F)n2)cc1. The first-order chi connectivity index (χ1) is 11.7. The second kappa shape index (κ2) is 7.44. The number of ether oxygens (including phenoxy) is 2. The van der Waals surface area contributed by atoms with Gasteiger partial charge in [-0.25, -0.2) is 4.39 Å². The molecule has 7 heteroatoms. The van der Waals surface area contributed by atoms with Crippen molar-refractivity contribution < 1.29 is 18.4 Å². The van der Waals surface area contributed by atoms with Gasteiger partial charge in [0.05, 0.1) is 6.61 Å². The van der Waals surface area contributed by atoms with Crippen LogP contribution in [-0.2, 0) is 6.61 Å². The second-order valence-corrected chi connectivity index (χ2v) is 5.75. The summed E-state index contributed by atoms with van der Waals surface area (Å²) in [6.07, 6.45) is 0. The molecule has 0 radical (unpaired) electrons. The van der Waals surface area contributed by atoms with E-state index < -0.39 is 5.82 Å². The van der Waals surface area contributed by atoms with E-state index in [1.54, 1.807) is 6.07 Å². The van der Waals surface area contributed by atoms with Gasteiger partial charge < -0.3 is 14.0 Å². The first-order valence-electron chi connectivity index (χ1n) is 7.29. The van der Waals surface area contributed by atoms with Crippen LogP contribution in [0.4, 0.5) is 4.39 Å². The number of benzene rings is 2. The van der Waals surface area contributed by atoms with Crippen LogP contribution in [0.1, 0.15) is 12.8 Å². The molecule has 1 aromatic heterocycles. The van der Waals surface area contributed by atoms with Gasteiger partial charge in [0, 0.05) is 10.0 Å². The Morgan fingerprint density at radius 1 is 1.12 bits per heavy atom. The maximum atomic E-state index is 13.7. The fourth-order valence-corrected chi connectivity index (χ4v) is 2.36. The Bertz CT molecular complexity index is 821. The van der Waals surface area contributed by atoms with Crippen molar-refractivity contribution in [2.24, 2.45) is 0 Å². The average molecular weight is 393 g/mol. The fourth-order valence-electron chi connectivity index (χ4n) is 2.03. The zero-order chi connectivity index (χ0) is 16.9. The molecule has 0 aliphatic rings. The van der Waals surface area contributed by atoms with Crippen molar-refractivity contribution in [1.29, 1.82) is 0 Å². The molecule has 24 heavy (non-hydrogen) atoms. The van der Waals surface area contributed by atoms with Crippen LogP contribution in [0.25, 0.3) is 11.4 Å². The summed E-state index contributed by atoms with van der Waals surface area (Å²) in [7, 11) is 0. The van der Waals surface area contributed by atoms with Gasteiger partial charge >= 0.3 is 0 Å². The van der Waals surface area contributed by atoms with Crippen LogP contribution in [0.2, 0.25) is 0 Å². The van der Waals surface area contributed by atoms with E-state index in [9.17, 15) is 4.39 Å². The average Bonchev–Trinajstić information content (AvgIpc) is 3.04. The van der Waals surface area contributed by atoms with Gasteiger partial charge in [0.15, 0.2) is 18.2 Å². The lowest BCUT2D eigenvalue weighted by molar-refractivity contribution is 0.234. The summed E-state index contributed by atoms with van der Waals surface area (Å²) < 4.78 is 30.2. The number of halogens is 2. The van der Waals surface area contributed by atoms with Gasteiger partial charge in [-0.2, -0.15) is 4.98 Å². The van der Waals surface area contributed by atoms with Gasteiger partial charge in [0.25, 0.3) is 5.89 Å². The number of nitrogens with zero attached hydrogens (tertiary/aromatic N) is 2. The lowest BCUT2D eigenvalue weighted by atomic mass is 10.2. The molecule has 0 unspecified atom stereocenters. The highest BCUT2D eigenvalue weighted by Crippen LogP contribution is 2.23. The van der Waals surface area contributed by atoms with E-state index in [4.69, 9.17) is 14.0 Å². The van der Waals surface area contributed by atoms with Crippen molar-refractivity contribution in [3.05, 3.63) is 58.6 Å². The third kappa shape index (κ3) is 3.91. The molecule has 0 saturated heterocycles. The Hall–Kier alpha value is -2.41. The van der Waals surface area contributed by atoms with E-state index in [1.807, 2.05) is 31.2 Å². The quantitative estimate of drug-likeness (QED) is 0.612. The summed E-state index contributed by atoms with van der Waals surface area (Å²) >= 11 is 3.19. The fraction of sp³-hybridized carbons (Fsp3) is 0.176. The van der Waals surface area contributed by atoms with E-state index in [2.05, 4.69) is 26.1 Å². The molecule has 0 aliphatic carbocycles.